The van der Waals surface area contributed by atoms with Crippen LogP contribution < -0.4 is 5.32 Å². The lowest BCUT2D eigenvalue weighted by molar-refractivity contribution is 0.118. The van der Waals surface area contributed by atoms with E-state index in [9.17, 15) is 0 Å². The van der Waals surface area contributed by atoms with Crippen LogP contribution >= 0.6 is 0 Å². The predicted octanol–water partition coefficient (Wildman–Crippen LogP) is 1.79. The minimum atomic E-state index is 0.527. The molecule has 2 aliphatic rings. The van der Waals surface area contributed by atoms with Gasteiger partial charge in [-0.3, -0.25) is 0 Å². The topological polar surface area (TPSA) is 18.5 Å². The summed E-state index contributed by atoms with van der Waals surface area (Å²) >= 11 is 0. The van der Waals surface area contributed by atoms with Crippen LogP contribution in [0.15, 0.2) is 0 Å². The molecule has 2 fully saturated rings. The average Bonchev–Trinajstić information content (AvgIpc) is 2.35. The van der Waals surface area contributed by atoms with Gasteiger partial charge in [-0.05, 0) is 71.8 Å². The summed E-state index contributed by atoms with van der Waals surface area (Å²) in [5.74, 6) is 0. The Hall–Kier alpha value is -0.120. The number of likely N-dealkylation sites (tertiary alicyclic amines) is 2. The van der Waals surface area contributed by atoms with Crippen LogP contribution in [-0.4, -0.2) is 62.2 Å². The number of piperidine rings is 2. The number of hydrogen-bond donors (Lipinski definition) is 1. The molecular weight excluding hydrogens is 222 g/mol. The summed E-state index contributed by atoms with van der Waals surface area (Å²) in [4.78, 5) is 4.94. The molecule has 0 radical (unpaired) electrons. The van der Waals surface area contributed by atoms with Gasteiger partial charge in [0.05, 0.1) is 0 Å². The van der Waals surface area contributed by atoms with Crippen LogP contribution in [0.2, 0.25) is 0 Å². The fourth-order valence-electron chi connectivity index (χ4n) is 3.20. The molecule has 18 heavy (non-hydrogen) atoms. The molecule has 106 valence electrons. The molecule has 2 aliphatic heterocycles. The van der Waals surface area contributed by atoms with Gasteiger partial charge in [0.1, 0.15) is 0 Å². The summed E-state index contributed by atoms with van der Waals surface area (Å²) in [7, 11) is 4.49. The molecule has 2 atom stereocenters. The minimum Gasteiger partial charge on any atom is -0.313 e. The lowest BCUT2D eigenvalue weighted by Gasteiger charge is -2.41. The van der Waals surface area contributed by atoms with Gasteiger partial charge >= 0.3 is 0 Å². The number of rotatable bonds is 3. The third-order valence-electron chi connectivity index (χ3n) is 5.22. The molecule has 0 saturated carbocycles. The Kier molecular flexibility index (Phi) is 4.68. The van der Waals surface area contributed by atoms with E-state index in [1.807, 2.05) is 0 Å². The first-order chi connectivity index (χ1) is 8.48. The molecule has 2 saturated heterocycles. The van der Waals surface area contributed by atoms with E-state index in [0.717, 1.165) is 12.1 Å². The highest BCUT2D eigenvalue weighted by Gasteiger charge is 2.30. The van der Waals surface area contributed by atoms with Crippen molar-refractivity contribution in [2.45, 2.75) is 51.6 Å². The van der Waals surface area contributed by atoms with Crippen LogP contribution in [0.4, 0.5) is 0 Å². The van der Waals surface area contributed by atoms with E-state index in [1.165, 1.54) is 51.9 Å². The Morgan fingerprint density at radius 3 is 2.44 bits per heavy atom. The maximum absolute atomic E-state index is 3.85. The Morgan fingerprint density at radius 1 is 1.17 bits per heavy atom. The largest absolute Gasteiger partial charge is 0.313 e. The second kappa shape index (κ2) is 5.89. The zero-order valence-electron chi connectivity index (χ0n) is 12.7. The highest BCUT2D eigenvalue weighted by molar-refractivity contribution is 4.87. The molecule has 0 aromatic rings. The monoisotopic (exact) mass is 253 g/mol. The van der Waals surface area contributed by atoms with Gasteiger partial charge in [-0.2, -0.15) is 0 Å². The van der Waals surface area contributed by atoms with Crippen LogP contribution in [-0.2, 0) is 0 Å². The van der Waals surface area contributed by atoms with Gasteiger partial charge in [0.15, 0.2) is 0 Å². The van der Waals surface area contributed by atoms with E-state index in [4.69, 9.17) is 0 Å². The molecular formula is C15H31N3. The predicted molar refractivity (Wildman–Crippen MR) is 78.0 cm³/mol. The van der Waals surface area contributed by atoms with Crippen molar-refractivity contribution in [1.29, 1.82) is 0 Å². The molecule has 0 amide bonds. The van der Waals surface area contributed by atoms with Crippen LogP contribution in [0.3, 0.4) is 0 Å². The first-order valence-corrected chi connectivity index (χ1v) is 7.61. The molecule has 2 heterocycles. The molecule has 0 aromatic carbocycles. The molecule has 2 unspecified atom stereocenters. The summed E-state index contributed by atoms with van der Waals surface area (Å²) in [6.45, 7) is 9.81. The van der Waals surface area contributed by atoms with Crippen molar-refractivity contribution in [3.8, 4) is 0 Å². The molecule has 2 rings (SSSR count). The van der Waals surface area contributed by atoms with Gasteiger partial charge in [0.2, 0.25) is 0 Å². The molecule has 1 N–H and O–H groups in total. The lowest BCUT2D eigenvalue weighted by atomic mass is 9.80. The van der Waals surface area contributed by atoms with Gasteiger partial charge in [-0.15, -0.1) is 0 Å². The molecule has 0 aliphatic carbocycles. The quantitative estimate of drug-likeness (QED) is 0.827. The van der Waals surface area contributed by atoms with Crippen molar-refractivity contribution in [3.63, 3.8) is 0 Å². The van der Waals surface area contributed by atoms with E-state index >= 15 is 0 Å². The second-order valence-corrected chi connectivity index (χ2v) is 7.05. The van der Waals surface area contributed by atoms with Gasteiger partial charge in [-0.1, -0.05) is 6.92 Å². The molecule has 3 nitrogen and oxygen atoms in total. The highest BCUT2D eigenvalue weighted by Crippen LogP contribution is 2.30. The Labute approximate surface area is 113 Å². The summed E-state index contributed by atoms with van der Waals surface area (Å²) < 4.78 is 0. The fraction of sp³-hybridized carbons (Fsp3) is 1.00. The van der Waals surface area contributed by atoms with Gasteiger partial charge in [0.25, 0.3) is 0 Å². The fourth-order valence-corrected chi connectivity index (χ4v) is 3.20. The lowest BCUT2D eigenvalue weighted by Crippen LogP contribution is -2.49. The van der Waals surface area contributed by atoms with Crippen molar-refractivity contribution in [2.24, 2.45) is 5.41 Å². The highest BCUT2D eigenvalue weighted by atomic mass is 15.1. The van der Waals surface area contributed by atoms with Crippen molar-refractivity contribution < 1.29 is 0 Å². The Morgan fingerprint density at radius 2 is 1.83 bits per heavy atom. The van der Waals surface area contributed by atoms with Crippen molar-refractivity contribution in [2.75, 3.05) is 40.3 Å². The van der Waals surface area contributed by atoms with Crippen LogP contribution in [0, 0.1) is 5.41 Å². The Balaban J connectivity index is 1.74. The molecule has 0 spiro atoms. The van der Waals surface area contributed by atoms with Crippen molar-refractivity contribution in [3.05, 3.63) is 0 Å². The maximum atomic E-state index is 3.85. The summed E-state index contributed by atoms with van der Waals surface area (Å²) in [5.41, 5.74) is 0.527. The summed E-state index contributed by atoms with van der Waals surface area (Å²) in [6, 6.07) is 1.48. The van der Waals surface area contributed by atoms with E-state index < -0.39 is 0 Å². The normalized spacial score (nSPS) is 34.7. The van der Waals surface area contributed by atoms with Crippen LogP contribution in [0.5, 0.6) is 0 Å². The van der Waals surface area contributed by atoms with Crippen molar-refractivity contribution in [1.82, 2.24) is 15.1 Å². The first-order valence-electron chi connectivity index (χ1n) is 7.61. The van der Waals surface area contributed by atoms with Gasteiger partial charge < -0.3 is 15.1 Å². The van der Waals surface area contributed by atoms with Gasteiger partial charge in [-0.25, -0.2) is 0 Å². The maximum Gasteiger partial charge on any atom is 0.00942 e. The molecule has 3 heteroatoms. The van der Waals surface area contributed by atoms with E-state index in [0.29, 0.717) is 5.41 Å². The third kappa shape index (κ3) is 3.69. The standard InChI is InChI=1S/C15H31N3/c1-13-11-14(5-8-18(13)4)16-12-15(2)6-9-17(3)10-7-15/h13-14,16H,5-12H2,1-4H3. The summed E-state index contributed by atoms with van der Waals surface area (Å²) in [5, 5.41) is 3.85. The minimum absolute atomic E-state index is 0.527. The van der Waals surface area contributed by atoms with E-state index in [-0.39, 0.29) is 0 Å². The zero-order chi connectivity index (χ0) is 13.2. The van der Waals surface area contributed by atoms with E-state index in [1.54, 1.807) is 0 Å². The zero-order valence-corrected chi connectivity index (χ0v) is 12.7. The smallest absolute Gasteiger partial charge is 0.00942 e. The first kappa shape index (κ1) is 14.3. The second-order valence-electron chi connectivity index (χ2n) is 7.05. The molecule has 0 bridgehead atoms. The average molecular weight is 253 g/mol. The number of nitrogens with one attached hydrogen (secondary N) is 1. The van der Waals surface area contributed by atoms with Crippen LogP contribution in [0.25, 0.3) is 0 Å². The third-order valence-corrected chi connectivity index (χ3v) is 5.22. The molecule has 0 aromatic heterocycles. The van der Waals surface area contributed by atoms with E-state index in [2.05, 4.69) is 43.1 Å². The SMILES string of the molecule is CC1CC(NCC2(C)CCN(C)CC2)CCN1C. The number of hydrogen-bond acceptors (Lipinski definition) is 3. The Bertz CT molecular complexity index is 258. The van der Waals surface area contributed by atoms with Gasteiger partial charge in [0, 0.05) is 18.6 Å². The number of nitrogens with zero attached hydrogens (tertiary/aromatic N) is 2. The van der Waals surface area contributed by atoms with Crippen molar-refractivity contribution >= 4 is 0 Å². The van der Waals surface area contributed by atoms with Crippen LogP contribution in [0.1, 0.15) is 39.5 Å². The summed E-state index contributed by atoms with van der Waals surface area (Å²) in [6.07, 6.45) is 5.32.